The predicted molar refractivity (Wildman–Crippen MR) is 112 cm³/mol. The molecule has 2 heterocycles. The minimum absolute atomic E-state index is 0.0632. The van der Waals surface area contributed by atoms with Crippen LogP contribution in [0.2, 0.25) is 0 Å². The Morgan fingerprint density at radius 1 is 0.867 bits per heavy atom. The van der Waals surface area contributed by atoms with Crippen LogP contribution in [0.15, 0.2) is 63.1 Å². The number of nitrogens with zero attached hydrogens (tertiary/aromatic N) is 3. The maximum Gasteiger partial charge on any atom is 0.332 e. The molecule has 0 saturated heterocycles. The van der Waals surface area contributed by atoms with Gasteiger partial charge in [0.1, 0.15) is 11.6 Å². The third kappa shape index (κ3) is 2.32. The van der Waals surface area contributed by atoms with Crippen LogP contribution < -0.4 is 16.0 Å². The summed E-state index contributed by atoms with van der Waals surface area (Å²) in [7, 11) is 4.62. The van der Waals surface area contributed by atoms with Crippen LogP contribution in [0.4, 0.5) is 5.82 Å². The van der Waals surface area contributed by atoms with Gasteiger partial charge in [-0.25, -0.2) is 9.79 Å². The molecule has 7 nitrogen and oxygen atoms in total. The van der Waals surface area contributed by atoms with Gasteiger partial charge in [0.05, 0.1) is 24.3 Å². The van der Waals surface area contributed by atoms with E-state index in [2.05, 4.69) is 0 Å². The average Bonchev–Trinajstić information content (AvgIpc) is 3.07. The molecule has 2 atom stereocenters. The number of carbonyl (C=O) groups excluding carboxylic acids is 1. The molecule has 1 aliphatic carbocycles. The van der Waals surface area contributed by atoms with Gasteiger partial charge in [0.15, 0.2) is 5.78 Å². The van der Waals surface area contributed by atoms with Gasteiger partial charge in [-0.1, -0.05) is 36.4 Å². The van der Waals surface area contributed by atoms with E-state index < -0.39 is 23.1 Å². The highest BCUT2D eigenvalue weighted by molar-refractivity contribution is 6.30. The van der Waals surface area contributed by atoms with Crippen molar-refractivity contribution in [1.82, 2.24) is 9.13 Å². The van der Waals surface area contributed by atoms with Crippen LogP contribution in [0.1, 0.15) is 33.0 Å². The Balaban J connectivity index is 1.87. The number of carbonyl (C=O) groups is 1. The van der Waals surface area contributed by atoms with Crippen LogP contribution in [0.3, 0.4) is 0 Å². The van der Waals surface area contributed by atoms with Crippen LogP contribution >= 0.6 is 0 Å². The number of rotatable bonds is 2. The fraction of sp³-hybridized carbons (Fsp3) is 0.217. The van der Waals surface area contributed by atoms with Gasteiger partial charge in [-0.15, -0.1) is 0 Å². The van der Waals surface area contributed by atoms with Crippen molar-refractivity contribution in [2.24, 2.45) is 25.0 Å². The smallest absolute Gasteiger partial charge is 0.332 e. The summed E-state index contributed by atoms with van der Waals surface area (Å²) in [6.45, 7) is 0. The molecule has 1 aliphatic heterocycles. The van der Waals surface area contributed by atoms with E-state index >= 15 is 0 Å². The zero-order valence-corrected chi connectivity index (χ0v) is 16.7. The molecule has 30 heavy (non-hydrogen) atoms. The van der Waals surface area contributed by atoms with Crippen molar-refractivity contribution in [1.29, 1.82) is 0 Å². The second kappa shape index (κ2) is 6.38. The van der Waals surface area contributed by atoms with Gasteiger partial charge >= 0.3 is 5.69 Å². The molecule has 0 radical (unpaired) electrons. The number of Topliss-reactive ketones (excluding diaryl/α,β-unsaturated/α-hetero) is 1. The molecule has 2 aliphatic rings. The summed E-state index contributed by atoms with van der Waals surface area (Å²) in [6.07, 6.45) is 0. The fourth-order valence-corrected chi connectivity index (χ4v) is 4.54. The Kier molecular flexibility index (Phi) is 3.89. The van der Waals surface area contributed by atoms with Gasteiger partial charge in [-0.3, -0.25) is 18.7 Å². The summed E-state index contributed by atoms with van der Waals surface area (Å²) in [5.41, 5.74) is 2.23. The summed E-state index contributed by atoms with van der Waals surface area (Å²) >= 11 is 0. The van der Waals surface area contributed by atoms with E-state index in [-0.39, 0.29) is 5.78 Å². The first kappa shape index (κ1) is 18.3. The molecular weight excluding hydrogens is 382 g/mol. The number of aromatic nitrogens is 2. The van der Waals surface area contributed by atoms with Crippen molar-refractivity contribution in [2.45, 2.75) is 5.92 Å². The lowest BCUT2D eigenvalue weighted by atomic mass is 9.76. The average molecular weight is 401 g/mol. The SMILES string of the molecule is COc1ccc([C@H]2c3c(n(C)c(=O)n(C)c3=O)N=C3c4ccccc4C(=O)[C@H]32)cc1. The van der Waals surface area contributed by atoms with Gasteiger partial charge < -0.3 is 4.74 Å². The van der Waals surface area contributed by atoms with E-state index in [9.17, 15) is 14.4 Å². The monoisotopic (exact) mass is 401 g/mol. The Morgan fingerprint density at radius 3 is 2.20 bits per heavy atom. The Hall–Kier alpha value is -3.74. The number of methoxy groups -OCH3 is 1. The third-order valence-electron chi connectivity index (χ3n) is 6.06. The molecule has 150 valence electrons. The first-order chi connectivity index (χ1) is 14.4. The van der Waals surface area contributed by atoms with Crippen LogP contribution in [0, 0.1) is 5.92 Å². The Bertz CT molecular complexity index is 1360. The Morgan fingerprint density at radius 2 is 1.53 bits per heavy atom. The second-order valence-electron chi connectivity index (χ2n) is 7.58. The van der Waals surface area contributed by atoms with Crippen LogP contribution in [-0.2, 0) is 14.1 Å². The maximum atomic E-state index is 13.4. The van der Waals surface area contributed by atoms with Crippen molar-refractivity contribution in [2.75, 3.05) is 7.11 Å². The number of hydrogen-bond donors (Lipinski definition) is 0. The molecule has 2 aromatic carbocycles. The van der Waals surface area contributed by atoms with E-state index in [4.69, 9.17) is 9.73 Å². The zero-order valence-electron chi connectivity index (χ0n) is 16.7. The number of fused-ring (bicyclic) bond motifs is 4. The van der Waals surface area contributed by atoms with Crippen LogP contribution in [0.5, 0.6) is 5.75 Å². The van der Waals surface area contributed by atoms with Gasteiger partial charge in [-0.2, -0.15) is 0 Å². The minimum Gasteiger partial charge on any atom is -0.497 e. The normalized spacial score (nSPS) is 19.0. The number of benzene rings is 2. The quantitative estimate of drug-likeness (QED) is 0.659. The second-order valence-corrected chi connectivity index (χ2v) is 7.58. The summed E-state index contributed by atoms with van der Waals surface area (Å²) in [4.78, 5) is 43.9. The van der Waals surface area contributed by atoms with Crippen molar-refractivity contribution in [3.8, 4) is 5.75 Å². The zero-order chi connectivity index (χ0) is 21.2. The van der Waals surface area contributed by atoms with E-state index in [1.54, 1.807) is 32.4 Å². The maximum absolute atomic E-state index is 13.4. The van der Waals surface area contributed by atoms with Gasteiger partial charge in [-0.05, 0) is 17.7 Å². The van der Waals surface area contributed by atoms with Crippen molar-refractivity contribution in [3.63, 3.8) is 0 Å². The number of ketones is 1. The van der Waals surface area contributed by atoms with Gasteiger partial charge in [0.25, 0.3) is 5.56 Å². The summed E-state index contributed by atoms with van der Waals surface area (Å²) in [6, 6.07) is 14.6. The number of aliphatic imine (C=N–C) groups is 1. The highest BCUT2D eigenvalue weighted by Gasteiger charge is 2.47. The van der Waals surface area contributed by atoms with E-state index in [1.807, 2.05) is 30.3 Å². The van der Waals surface area contributed by atoms with Crippen LogP contribution in [0.25, 0.3) is 0 Å². The van der Waals surface area contributed by atoms with E-state index in [1.165, 1.54) is 11.6 Å². The van der Waals surface area contributed by atoms with Crippen molar-refractivity contribution >= 4 is 17.3 Å². The largest absolute Gasteiger partial charge is 0.497 e. The molecule has 0 N–H and O–H groups in total. The van der Waals surface area contributed by atoms with Crippen molar-refractivity contribution in [3.05, 3.63) is 91.6 Å². The minimum atomic E-state index is -0.617. The third-order valence-corrected chi connectivity index (χ3v) is 6.06. The number of ether oxygens (including phenoxy) is 1. The first-order valence-corrected chi connectivity index (χ1v) is 9.60. The molecule has 3 aromatic rings. The number of hydrogen-bond acceptors (Lipinski definition) is 5. The highest BCUT2D eigenvalue weighted by atomic mass is 16.5. The molecule has 5 rings (SSSR count). The summed E-state index contributed by atoms with van der Waals surface area (Å²) in [5.74, 6) is -0.248. The molecular formula is C23H19N3O4. The molecule has 0 bridgehead atoms. The predicted octanol–water partition coefficient (Wildman–Crippen LogP) is 2.17. The van der Waals surface area contributed by atoms with Crippen LogP contribution in [-0.4, -0.2) is 27.7 Å². The molecule has 0 fully saturated rings. The molecule has 0 amide bonds. The lowest BCUT2D eigenvalue weighted by Gasteiger charge is -2.29. The van der Waals surface area contributed by atoms with Crippen molar-refractivity contribution < 1.29 is 9.53 Å². The fourth-order valence-electron chi connectivity index (χ4n) is 4.54. The van der Waals surface area contributed by atoms with E-state index in [0.717, 1.165) is 15.7 Å². The first-order valence-electron chi connectivity index (χ1n) is 9.60. The van der Waals surface area contributed by atoms with Gasteiger partial charge in [0.2, 0.25) is 0 Å². The summed E-state index contributed by atoms with van der Waals surface area (Å²) < 4.78 is 7.71. The highest BCUT2D eigenvalue weighted by Crippen LogP contribution is 2.46. The topological polar surface area (TPSA) is 82.7 Å². The molecule has 0 saturated carbocycles. The summed E-state index contributed by atoms with van der Waals surface area (Å²) in [5, 5.41) is 0. The lowest BCUT2D eigenvalue weighted by Crippen LogP contribution is -2.43. The van der Waals surface area contributed by atoms with E-state index in [0.29, 0.717) is 28.4 Å². The molecule has 1 aromatic heterocycles. The van der Waals surface area contributed by atoms with Gasteiger partial charge in [0, 0.05) is 31.1 Å². The Labute approximate surface area is 171 Å². The molecule has 0 spiro atoms. The molecule has 0 unspecified atom stereocenters. The lowest BCUT2D eigenvalue weighted by molar-refractivity contribution is 0.0953. The molecule has 7 heteroatoms. The standard InChI is InChI=1S/C23H19N3O4/c1-25-21-18(22(28)26(2)23(25)29)16(12-8-10-13(30-3)11-9-12)17-19(24-21)14-6-4-5-7-15(14)20(17)27/h4-11,16-17H,1-3H3/t16-,17+/m1/s1.